The summed E-state index contributed by atoms with van der Waals surface area (Å²) in [5.74, 6) is 7.40. The quantitative estimate of drug-likeness (QED) is 0.160. The fourth-order valence-corrected chi connectivity index (χ4v) is 7.57. The van der Waals surface area contributed by atoms with Gasteiger partial charge >= 0.3 is 0 Å². The molecule has 0 spiro atoms. The van der Waals surface area contributed by atoms with Crippen LogP contribution in [-0.2, 0) is 22.6 Å². The number of anilines is 1. The molecule has 8 rings (SSSR count). The van der Waals surface area contributed by atoms with Crippen molar-refractivity contribution >= 4 is 55.1 Å². The molecule has 1 aliphatic heterocycles. The second kappa shape index (κ2) is 14.3. The molecular formula is C39H34N8O4S. The molecule has 260 valence electrons. The van der Waals surface area contributed by atoms with Crippen LogP contribution in [0.3, 0.4) is 0 Å². The minimum atomic E-state index is -0.214. The third-order valence-electron chi connectivity index (χ3n) is 9.12. The Balaban J connectivity index is 1.18. The molecule has 0 atom stereocenters. The molecule has 13 heteroatoms. The Morgan fingerprint density at radius 2 is 1.81 bits per heavy atom. The summed E-state index contributed by atoms with van der Waals surface area (Å²) >= 11 is 1.63. The highest BCUT2D eigenvalue weighted by molar-refractivity contribution is 7.19. The standard InChI is InChI=1S/C39H34N8O4S/c40-37-35-36(26-13-15-28(48)16-14-26)44-47(38(35)42-24-41-37)23-32-43-30-10-6-9-25(7-2-1-3-12-33(49)45-17-19-51-20-18-45)34(30)39(50)46(32)22-29-21-27-8-4-5-11-31(27)52-29/h4-6,8-11,13-16,21,24,48H,1,3,12,17-20,22-23H2,(H2,40,41,42). The van der Waals surface area contributed by atoms with E-state index in [9.17, 15) is 14.7 Å². The van der Waals surface area contributed by atoms with Crippen molar-refractivity contribution in [2.24, 2.45) is 0 Å². The zero-order valence-corrected chi connectivity index (χ0v) is 29.0. The van der Waals surface area contributed by atoms with Crippen molar-refractivity contribution < 1.29 is 14.6 Å². The van der Waals surface area contributed by atoms with Crippen molar-refractivity contribution in [3.8, 4) is 28.8 Å². The largest absolute Gasteiger partial charge is 0.508 e. The van der Waals surface area contributed by atoms with Gasteiger partial charge in [-0.1, -0.05) is 36.1 Å². The van der Waals surface area contributed by atoms with Gasteiger partial charge in [0.05, 0.1) is 36.0 Å². The number of nitrogens with two attached hydrogens (primary N) is 1. The lowest BCUT2D eigenvalue weighted by Crippen LogP contribution is -2.40. The minimum absolute atomic E-state index is 0.116. The second-order valence-electron chi connectivity index (χ2n) is 12.5. The first kappa shape index (κ1) is 33.1. The molecule has 5 heterocycles. The lowest BCUT2D eigenvalue weighted by atomic mass is 10.1. The Morgan fingerprint density at radius 3 is 2.63 bits per heavy atom. The zero-order valence-electron chi connectivity index (χ0n) is 28.2. The van der Waals surface area contributed by atoms with Crippen molar-refractivity contribution in [2.45, 2.75) is 32.4 Å². The van der Waals surface area contributed by atoms with E-state index in [1.807, 2.05) is 35.2 Å². The number of ether oxygens (including phenoxy) is 1. The van der Waals surface area contributed by atoms with Crippen molar-refractivity contribution in [1.29, 1.82) is 0 Å². The van der Waals surface area contributed by atoms with Gasteiger partial charge in [0.1, 0.15) is 36.0 Å². The summed E-state index contributed by atoms with van der Waals surface area (Å²) in [6.45, 7) is 2.82. The van der Waals surface area contributed by atoms with E-state index in [4.69, 9.17) is 20.6 Å². The number of amides is 1. The predicted molar refractivity (Wildman–Crippen MR) is 201 cm³/mol. The highest BCUT2D eigenvalue weighted by Crippen LogP contribution is 2.32. The number of aromatic hydroxyl groups is 1. The summed E-state index contributed by atoms with van der Waals surface area (Å²) in [4.78, 5) is 43.8. The van der Waals surface area contributed by atoms with E-state index in [1.54, 1.807) is 44.9 Å². The van der Waals surface area contributed by atoms with Crippen molar-refractivity contribution in [2.75, 3.05) is 32.0 Å². The van der Waals surface area contributed by atoms with E-state index in [1.165, 1.54) is 6.33 Å². The van der Waals surface area contributed by atoms with Crippen LogP contribution < -0.4 is 11.3 Å². The molecule has 52 heavy (non-hydrogen) atoms. The number of nitrogens with zero attached hydrogens (tertiary/aromatic N) is 7. The summed E-state index contributed by atoms with van der Waals surface area (Å²) in [7, 11) is 0. The molecule has 0 unspecified atom stereocenters. The summed E-state index contributed by atoms with van der Waals surface area (Å²) < 4.78 is 9.86. The molecular weight excluding hydrogens is 677 g/mol. The van der Waals surface area contributed by atoms with Crippen LogP contribution in [-0.4, -0.2) is 71.5 Å². The highest BCUT2D eigenvalue weighted by Gasteiger charge is 2.21. The van der Waals surface area contributed by atoms with Gasteiger partial charge in [-0.25, -0.2) is 19.6 Å². The Morgan fingerprint density at radius 1 is 0.981 bits per heavy atom. The lowest BCUT2D eigenvalue weighted by molar-refractivity contribution is -0.135. The Hall–Kier alpha value is -6.10. The maximum atomic E-state index is 14.6. The molecule has 4 aromatic heterocycles. The van der Waals surface area contributed by atoms with Crippen LogP contribution in [0.1, 0.15) is 35.5 Å². The summed E-state index contributed by atoms with van der Waals surface area (Å²) in [5.41, 5.74) is 9.03. The molecule has 0 bridgehead atoms. The minimum Gasteiger partial charge on any atom is -0.508 e. The molecule has 0 saturated carbocycles. The zero-order chi connectivity index (χ0) is 35.6. The monoisotopic (exact) mass is 710 g/mol. The van der Waals surface area contributed by atoms with Crippen LogP contribution in [0, 0.1) is 11.8 Å². The van der Waals surface area contributed by atoms with Crippen LogP contribution in [0.2, 0.25) is 0 Å². The molecule has 1 aliphatic rings. The van der Waals surface area contributed by atoms with Gasteiger partial charge in [0, 0.05) is 46.6 Å². The molecule has 12 nitrogen and oxygen atoms in total. The fraction of sp³-hybridized carbons (Fsp3) is 0.231. The smallest absolute Gasteiger partial charge is 0.263 e. The van der Waals surface area contributed by atoms with E-state index in [0.29, 0.717) is 91.1 Å². The first-order valence-electron chi connectivity index (χ1n) is 17.0. The number of fused-ring (bicyclic) bond motifs is 3. The van der Waals surface area contributed by atoms with Gasteiger partial charge in [-0.3, -0.25) is 14.2 Å². The topological polar surface area (TPSA) is 154 Å². The number of carbonyl (C=O) groups excluding carboxylic acids is 1. The van der Waals surface area contributed by atoms with E-state index >= 15 is 0 Å². The van der Waals surface area contributed by atoms with E-state index in [2.05, 4.69) is 40.0 Å². The van der Waals surface area contributed by atoms with Crippen molar-refractivity contribution in [3.05, 3.63) is 106 Å². The second-order valence-corrected chi connectivity index (χ2v) is 13.7. The Labute approximate surface area is 302 Å². The van der Waals surface area contributed by atoms with Gasteiger partial charge in [0.2, 0.25) is 5.91 Å². The van der Waals surface area contributed by atoms with Crippen LogP contribution in [0.4, 0.5) is 5.82 Å². The SMILES string of the molecule is Nc1ncnc2c1c(-c1ccc(O)cc1)nn2Cc1nc2cccc(C#CCCCC(=O)N3CCOCC3)c2c(=O)n1Cc1cc2ccccc2s1. The van der Waals surface area contributed by atoms with Gasteiger partial charge in [0.15, 0.2) is 5.65 Å². The number of morpholine rings is 1. The maximum Gasteiger partial charge on any atom is 0.263 e. The van der Waals surface area contributed by atoms with E-state index < -0.39 is 0 Å². The number of unbranched alkanes of at least 4 members (excludes halogenated alkanes) is 1. The number of benzene rings is 3. The average Bonchev–Trinajstić information content (AvgIpc) is 3.75. The number of rotatable bonds is 8. The molecule has 1 amide bonds. The molecule has 0 radical (unpaired) electrons. The number of phenols is 1. The molecule has 0 aliphatic carbocycles. The third kappa shape index (κ3) is 6.57. The van der Waals surface area contributed by atoms with Crippen molar-refractivity contribution in [1.82, 2.24) is 34.2 Å². The van der Waals surface area contributed by atoms with Gasteiger partial charge in [-0.2, -0.15) is 5.10 Å². The summed E-state index contributed by atoms with van der Waals surface area (Å²) in [6.07, 6.45) is 2.96. The molecule has 7 aromatic rings. The molecule has 1 saturated heterocycles. The molecule has 1 fully saturated rings. The highest BCUT2D eigenvalue weighted by atomic mass is 32.1. The first-order valence-corrected chi connectivity index (χ1v) is 17.9. The number of carbonyl (C=O) groups is 1. The predicted octanol–water partition coefficient (Wildman–Crippen LogP) is 5.18. The Kier molecular flexibility index (Phi) is 9.07. The number of hydrogen-bond acceptors (Lipinski definition) is 10. The fourth-order valence-electron chi connectivity index (χ4n) is 6.52. The molecule has 3 aromatic carbocycles. The van der Waals surface area contributed by atoms with Gasteiger partial charge in [-0.15, -0.1) is 11.3 Å². The maximum absolute atomic E-state index is 14.6. The normalized spacial score (nSPS) is 13.1. The number of thiophene rings is 1. The number of phenolic OH excluding ortho intramolecular Hbond substituents is 1. The van der Waals surface area contributed by atoms with Crippen LogP contribution in [0.5, 0.6) is 5.75 Å². The molecule has 3 N–H and O–H groups in total. The number of nitrogen functional groups attached to an aromatic ring is 1. The van der Waals surface area contributed by atoms with Gasteiger partial charge in [0.25, 0.3) is 5.56 Å². The summed E-state index contributed by atoms with van der Waals surface area (Å²) in [5, 5.41) is 16.9. The number of hydrogen-bond donors (Lipinski definition) is 2. The van der Waals surface area contributed by atoms with E-state index in [-0.39, 0.29) is 29.6 Å². The number of aromatic nitrogens is 6. The van der Waals surface area contributed by atoms with E-state index in [0.717, 1.165) is 20.5 Å². The van der Waals surface area contributed by atoms with Gasteiger partial charge < -0.3 is 20.5 Å². The Bertz CT molecular complexity index is 2540. The van der Waals surface area contributed by atoms with Crippen LogP contribution >= 0.6 is 11.3 Å². The first-order chi connectivity index (χ1) is 25.4. The summed E-state index contributed by atoms with van der Waals surface area (Å²) in [6, 6.07) is 22.4. The average molecular weight is 711 g/mol. The van der Waals surface area contributed by atoms with Crippen LogP contribution in [0.15, 0.2) is 83.9 Å². The third-order valence-corrected chi connectivity index (χ3v) is 10.2. The van der Waals surface area contributed by atoms with Crippen molar-refractivity contribution in [3.63, 3.8) is 0 Å². The lowest BCUT2D eigenvalue weighted by Gasteiger charge is -2.26. The van der Waals surface area contributed by atoms with Gasteiger partial charge in [-0.05, 0) is 60.3 Å². The van der Waals surface area contributed by atoms with Crippen LogP contribution in [0.25, 0.3) is 43.3 Å².